The van der Waals surface area contributed by atoms with Crippen LogP contribution in [0.3, 0.4) is 0 Å². The summed E-state index contributed by atoms with van der Waals surface area (Å²) >= 11 is 0. The maximum absolute atomic E-state index is 10.8. The Kier molecular flexibility index (Phi) is 5.16. The summed E-state index contributed by atoms with van der Waals surface area (Å²) in [4.78, 5) is 10.8. The highest BCUT2D eigenvalue weighted by molar-refractivity contribution is 5.88. The molecule has 0 spiro atoms. The zero-order valence-corrected chi connectivity index (χ0v) is 13.3. The summed E-state index contributed by atoms with van der Waals surface area (Å²) < 4.78 is 0. The minimum atomic E-state index is -0.895. The normalized spacial score (nSPS) is 11.7. The van der Waals surface area contributed by atoms with Gasteiger partial charge in [-0.05, 0) is 53.7 Å². The smallest absolute Gasteiger partial charge is 0.335 e. The quantitative estimate of drug-likeness (QED) is 0.775. The molecule has 2 aromatic carbocycles. The van der Waals surface area contributed by atoms with Crippen molar-refractivity contribution < 1.29 is 9.90 Å². The van der Waals surface area contributed by atoms with Crippen LogP contribution in [0.2, 0.25) is 0 Å². The van der Waals surface area contributed by atoms with Crippen molar-refractivity contribution >= 4 is 17.6 Å². The fourth-order valence-electron chi connectivity index (χ4n) is 2.43. The van der Waals surface area contributed by atoms with Crippen LogP contribution in [0.1, 0.15) is 47.8 Å². The Hall–Kier alpha value is -2.35. The van der Waals surface area contributed by atoms with Gasteiger partial charge in [0.25, 0.3) is 0 Å². The van der Waals surface area contributed by atoms with E-state index in [0.717, 1.165) is 12.0 Å². The molecule has 0 radical (unpaired) electrons. The van der Waals surface area contributed by atoms with Crippen LogP contribution in [0, 0.1) is 5.92 Å². The third-order valence-electron chi connectivity index (χ3n) is 3.59. The second kappa shape index (κ2) is 7.08. The van der Waals surface area contributed by atoms with Gasteiger partial charge in [-0.2, -0.15) is 0 Å². The molecule has 0 amide bonds. The molecule has 114 valence electrons. The predicted molar refractivity (Wildman–Crippen MR) is 91.9 cm³/mol. The van der Waals surface area contributed by atoms with E-state index in [2.05, 4.69) is 51.1 Å². The molecule has 0 aromatic heterocycles. The zero-order valence-electron chi connectivity index (χ0n) is 13.3. The van der Waals surface area contributed by atoms with E-state index in [0.29, 0.717) is 11.5 Å². The van der Waals surface area contributed by atoms with E-state index in [-0.39, 0.29) is 0 Å². The molecular formula is C20H22O2. The Balaban J connectivity index is 2.15. The maximum atomic E-state index is 10.8. The molecule has 1 N–H and O–H groups in total. The van der Waals surface area contributed by atoms with E-state index >= 15 is 0 Å². The van der Waals surface area contributed by atoms with Crippen molar-refractivity contribution in [3.05, 3.63) is 70.8 Å². The lowest BCUT2D eigenvalue weighted by Gasteiger charge is -2.07. The molecule has 0 atom stereocenters. The number of allylic oxidation sites excluding steroid dienone is 1. The standard InChI is InChI=1S/C20H22O2/c1-14(2)12-16-4-8-18(9-5-16)15(3)13-17-6-10-19(11-7-17)20(21)22/h4-11,13-14H,12H2,1-3H3,(H,21,22)/b15-13+. The Morgan fingerprint density at radius 1 is 1.00 bits per heavy atom. The van der Waals surface area contributed by atoms with Crippen molar-refractivity contribution in [2.24, 2.45) is 5.92 Å². The molecule has 0 unspecified atom stereocenters. The van der Waals surface area contributed by atoms with Gasteiger partial charge in [-0.15, -0.1) is 0 Å². The summed E-state index contributed by atoms with van der Waals surface area (Å²) in [5, 5.41) is 8.91. The van der Waals surface area contributed by atoms with Crippen LogP contribution in [0.15, 0.2) is 48.5 Å². The van der Waals surface area contributed by atoms with Crippen LogP contribution in [-0.4, -0.2) is 11.1 Å². The minimum absolute atomic E-state index is 0.313. The van der Waals surface area contributed by atoms with Crippen LogP contribution in [0.5, 0.6) is 0 Å². The molecule has 0 aliphatic rings. The van der Waals surface area contributed by atoms with Gasteiger partial charge >= 0.3 is 5.97 Å². The zero-order chi connectivity index (χ0) is 16.1. The maximum Gasteiger partial charge on any atom is 0.335 e. The second-order valence-corrected chi connectivity index (χ2v) is 6.05. The average molecular weight is 294 g/mol. The van der Waals surface area contributed by atoms with Gasteiger partial charge in [0.1, 0.15) is 0 Å². The average Bonchev–Trinajstić information content (AvgIpc) is 2.48. The molecule has 2 nitrogen and oxygen atoms in total. The third-order valence-corrected chi connectivity index (χ3v) is 3.59. The van der Waals surface area contributed by atoms with E-state index < -0.39 is 5.97 Å². The summed E-state index contributed by atoms with van der Waals surface area (Å²) in [6.45, 7) is 6.52. The fraction of sp³-hybridized carbons (Fsp3) is 0.250. The largest absolute Gasteiger partial charge is 0.478 e. The predicted octanol–water partition coefficient (Wildman–Crippen LogP) is 5.14. The summed E-state index contributed by atoms with van der Waals surface area (Å²) in [5.74, 6) is -0.233. The lowest BCUT2D eigenvalue weighted by Crippen LogP contribution is -1.95. The van der Waals surface area contributed by atoms with Gasteiger partial charge in [0.05, 0.1) is 5.56 Å². The summed E-state index contributed by atoms with van der Waals surface area (Å²) in [6.07, 6.45) is 3.17. The summed E-state index contributed by atoms with van der Waals surface area (Å²) in [6, 6.07) is 15.6. The third kappa shape index (κ3) is 4.32. The van der Waals surface area contributed by atoms with E-state index in [4.69, 9.17) is 5.11 Å². The number of hydrogen-bond acceptors (Lipinski definition) is 1. The van der Waals surface area contributed by atoms with E-state index in [1.165, 1.54) is 16.7 Å². The molecule has 0 bridgehead atoms. The number of benzene rings is 2. The van der Waals surface area contributed by atoms with Crippen LogP contribution in [0.4, 0.5) is 0 Å². The highest BCUT2D eigenvalue weighted by atomic mass is 16.4. The topological polar surface area (TPSA) is 37.3 Å². The Bertz CT molecular complexity index is 662. The van der Waals surface area contributed by atoms with Crippen molar-refractivity contribution in [1.29, 1.82) is 0 Å². The summed E-state index contributed by atoms with van der Waals surface area (Å²) in [7, 11) is 0. The first kappa shape index (κ1) is 16.0. The number of carboxylic acids is 1. The van der Waals surface area contributed by atoms with Crippen molar-refractivity contribution in [2.75, 3.05) is 0 Å². The summed E-state index contributed by atoms with van der Waals surface area (Å²) in [5.41, 5.74) is 5.04. The second-order valence-electron chi connectivity index (χ2n) is 6.05. The molecule has 2 aromatic rings. The van der Waals surface area contributed by atoms with Gasteiger partial charge in [-0.1, -0.05) is 56.3 Å². The fourth-order valence-corrected chi connectivity index (χ4v) is 2.43. The van der Waals surface area contributed by atoms with Gasteiger partial charge < -0.3 is 5.11 Å². The van der Waals surface area contributed by atoms with Gasteiger partial charge in [-0.25, -0.2) is 4.79 Å². The minimum Gasteiger partial charge on any atom is -0.478 e. The number of hydrogen-bond donors (Lipinski definition) is 1. The molecule has 0 heterocycles. The first-order valence-electron chi connectivity index (χ1n) is 7.56. The van der Waals surface area contributed by atoms with Crippen molar-refractivity contribution in [3.8, 4) is 0 Å². The molecule has 2 rings (SSSR count). The molecule has 0 aliphatic carbocycles. The first-order valence-corrected chi connectivity index (χ1v) is 7.56. The molecular weight excluding hydrogens is 272 g/mol. The Morgan fingerprint density at radius 2 is 1.55 bits per heavy atom. The highest BCUT2D eigenvalue weighted by Crippen LogP contribution is 2.19. The van der Waals surface area contributed by atoms with Crippen molar-refractivity contribution in [3.63, 3.8) is 0 Å². The van der Waals surface area contributed by atoms with Gasteiger partial charge in [0, 0.05) is 0 Å². The lowest BCUT2D eigenvalue weighted by atomic mass is 9.98. The van der Waals surface area contributed by atoms with Crippen LogP contribution < -0.4 is 0 Å². The number of rotatable bonds is 5. The molecule has 2 heteroatoms. The van der Waals surface area contributed by atoms with Gasteiger partial charge in [-0.3, -0.25) is 0 Å². The Morgan fingerprint density at radius 3 is 2.05 bits per heavy atom. The highest BCUT2D eigenvalue weighted by Gasteiger charge is 2.02. The molecule has 0 saturated heterocycles. The number of carbonyl (C=O) groups is 1. The molecule has 0 aliphatic heterocycles. The van der Waals surface area contributed by atoms with Crippen LogP contribution >= 0.6 is 0 Å². The molecule has 22 heavy (non-hydrogen) atoms. The van der Waals surface area contributed by atoms with Crippen molar-refractivity contribution in [1.82, 2.24) is 0 Å². The lowest BCUT2D eigenvalue weighted by molar-refractivity contribution is 0.0697. The number of aromatic carboxylic acids is 1. The van der Waals surface area contributed by atoms with Crippen LogP contribution in [-0.2, 0) is 6.42 Å². The van der Waals surface area contributed by atoms with Gasteiger partial charge in [0.2, 0.25) is 0 Å². The van der Waals surface area contributed by atoms with Crippen molar-refractivity contribution in [2.45, 2.75) is 27.2 Å². The first-order chi connectivity index (χ1) is 10.5. The monoisotopic (exact) mass is 294 g/mol. The molecule has 0 saturated carbocycles. The van der Waals surface area contributed by atoms with E-state index in [1.807, 2.05) is 12.1 Å². The van der Waals surface area contributed by atoms with Gasteiger partial charge in [0.15, 0.2) is 0 Å². The van der Waals surface area contributed by atoms with E-state index in [1.54, 1.807) is 12.1 Å². The van der Waals surface area contributed by atoms with Crippen LogP contribution in [0.25, 0.3) is 11.6 Å². The molecule has 0 fully saturated rings. The van der Waals surface area contributed by atoms with E-state index in [9.17, 15) is 4.79 Å². The Labute approximate surface area is 132 Å². The number of carboxylic acid groups (broad SMARTS) is 1. The SMILES string of the molecule is C/C(=C\c1ccc(C(=O)O)cc1)c1ccc(CC(C)C)cc1.